The van der Waals surface area contributed by atoms with Crippen LogP contribution >= 0.6 is 0 Å². The van der Waals surface area contributed by atoms with E-state index in [1.807, 2.05) is 48.5 Å². The van der Waals surface area contributed by atoms with Gasteiger partial charge in [-0.05, 0) is 41.7 Å². The summed E-state index contributed by atoms with van der Waals surface area (Å²) in [6, 6.07) is 14.8. The monoisotopic (exact) mass is 460 g/mol. The van der Waals surface area contributed by atoms with Crippen LogP contribution < -0.4 is 10.6 Å². The van der Waals surface area contributed by atoms with Crippen LogP contribution in [0.5, 0.6) is 0 Å². The van der Waals surface area contributed by atoms with Crippen molar-refractivity contribution in [3.8, 4) is 11.1 Å². The van der Waals surface area contributed by atoms with Crippen LogP contribution in [-0.4, -0.2) is 35.0 Å². The molecule has 3 N–H and O–H groups in total. The van der Waals surface area contributed by atoms with Gasteiger partial charge in [0.15, 0.2) is 0 Å². The van der Waals surface area contributed by atoms with Crippen LogP contribution in [-0.2, 0) is 16.1 Å². The number of anilines is 1. The number of nitrogens with one attached hydrogen (secondary N) is 3. The zero-order chi connectivity index (χ0) is 23.8. The minimum absolute atomic E-state index is 0.273. The highest BCUT2D eigenvalue weighted by Crippen LogP contribution is 2.29. The van der Waals surface area contributed by atoms with Crippen LogP contribution in [0.2, 0.25) is 0 Å². The first-order valence-corrected chi connectivity index (χ1v) is 11.9. The second kappa shape index (κ2) is 11.5. The Balaban J connectivity index is 1.56. The van der Waals surface area contributed by atoms with Crippen molar-refractivity contribution in [1.29, 1.82) is 0 Å². The summed E-state index contributed by atoms with van der Waals surface area (Å²) in [5, 5.41) is 6.34. The highest BCUT2D eigenvalue weighted by molar-refractivity contribution is 6.03. The molecule has 2 aromatic carbocycles. The number of methoxy groups -OCH3 is 1. The molecule has 0 spiro atoms. The molecule has 34 heavy (non-hydrogen) atoms. The summed E-state index contributed by atoms with van der Waals surface area (Å²) in [6.45, 7) is 0.589. The highest BCUT2D eigenvalue weighted by atomic mass is 16.5. The number of carbonyl (C=O) groups excluding carboxylic acids is 2. The number of benzene rings is 2. The average Bonchev–Trinajstić information content (AvgIpc) is 3.41. The average molecular weight is 461 g/mol. The smallest absolute Gasteiger partial charge is 0.328 e. The number of imidazole rings is 1. The topological polar surface area (TPSA) is 96.1 Å². The Hall–Kier alpha value is -3.61. The zero-order valence-electron chi connectivity index (χ0n) is 19.5. The first-order valence-electron chi connectivity index (χ1n) is 11.9. The lowest BCUT2D eigenvalue weighted by atomic mass is 9.84. The standard InChI is InChI=1S/C27H32N4O3/c1-34-27(33)25(14-19-8-4-2-5-9-19)31-26(32)23-13-12-21(29-17-22-16-28-18-30-22)15-24(23)20-10-6-3-7-11-20/h3,6-7,10-13,15-16,18-19,25,29H,2,4-5,8-9,14,17H2,1H3,(H,28,30)(H,31,32)/t25-/m0/s1. The molecule has 1 fully saturated rings. The van der Waals surface area contributed by atoms with Crippen LogP contribution in [0, 0.1) is 5.92 Å². The number of ether oxygens (including phenoxy) is 1. The fourth-order valence-electron chi connectivity index (χ4n) is 4.64. The number of aromatic amines is 1. The molecule has 7 heteroatoms. The van der Waals surface area contributed by atoms with Gasteiger partial charge < -0.3 is 20.4 Å². The van der Waals surface area contributed by atoms with Crippen molar-refractivity contribution in [2.24, 2.45) is 5.92 Å². The van der Waals surface area contributed by atoms with Crippen molar-refractivity contribution in [3.63, 3.8) is 0 Å². The molecule has 1 aliphatic rings. The maximum absolute atomic E-state index is 13.4. The van der Waals surface area contributed by atoms with Crippen molar-refractivity contribution in [2.75, 3.05) is 12.4 Å². The molecule has 1 atom stereocenters. The first kappa shape index (κ1) is 23.5. The van der Waals surface area contributed by atoms with Crippen molar-refractivity contribution in [1.82, 2.24) is 15.3 Å². The Labute approximate surface area is 200 Å². The number of hydrogen-bond acceptors (Lipinski definition) is 5. The molecule has 178 valence electrons. The fourth-order valence-corrected chi connectivity index (χ4v) is 4.64. The summed E-state index contributed by atoms with van der Waals surface area (Å²) in [6.07, 6.45) is 9.81. The van der Waals surface area contributed by atoms with E-state index in [1.54, 1.807) is 12.5 Å². The van der Waals surface area contributed by atoms with Crippen LogP contribution in [0.25, 0.3) is 11.1 Å². The molecular weight excluding hydrogens is 428 g/mol. The number of hydrogen-bond donors (Lipinski definition) is 3. The van der Waals surface area contributed by atoms with Gasteiger partial charge in [0.05, 0.1) is 25.7 Å². The van der Waals surface area contributed by atoms with E-state index < -0.39 is 12.0 Å². The minimum Gasteiger partial charge on any atom is -0.467 e. The summed E-state index contributed by atoms with van der Waals surface area (Å²) in [5.41, 5.74) is 4.10. The third-order valence-corrected chi connectivity index (χ3v) is 6.47. The maximum Gasteiger partial charge on any atom is 0.328 e. The molecule has 3 aromatic rings. The van der Waals surface area contributed by atoms with Crippen LogP contribution in [0.15, 0.2) is 61.1 Å². The number of rotatable bonds is 9. The molecule has 0 radical (unpaired) electrons. The first-order chi connectivity index (χ1) is 16.6. The molecule has 0 saturated heterocycles. The third kappa shape index (κ3) is 6.04. The van der Waals surface area contributed by atoms with Gasteiger partial charge in [-0.1, -0.05) is 62.4 Å². The van der Waals surface area contributed by atoms with Gasteiger partial charge in [-0.25, -0.2) is 9.78 Å². The zero-order valence-corrected chi connectivity index (χ0v) is 19.5. The molecule has 1 heterocycles. The van der Waals surface area contributed by atoms with Gasteiger partial charge in [0.1, 0.15) is 6.04 Å². The number of H-pyrrole nitrogens is 1. The Morgan fingerprint density at radius 2 is 1.91 bits per heavy atom. The van der Waals surface area contributed by atoms with E-state index in [0.717, 1.165) is 35.3 Å². The lowest BCUT2D eigenvalue weighted by molar-refractivity contribution is -0.143. The summed E-state index contributed by atoms with van der Waals surface area (Å²) >= 11 is 0. The van der Waals surface area contributed by atoms with Gasteiger partial charge in [-0.2, -0.15) is 0 Å². The van der Waals surface area contributed by atoms with E-state index in [0.29, 0.717) is 24.4 Å². The van der Waals surface area contributed by atoms with Crippen molar-refractivity contribution < 1.29 is 14.3 Å². The van der Waals surface area contributed by atoms with E-state index in [9.17, 15) is 9.59 Å². The molecule has 1 amide bonds. The summed E-state index contributed by atoms with van der Waals surface area (Å²) in [5.74, 6) is -0.232. The lowest BCUT2D eigenvalue weighted by Crippen LogP contribution is -2.43. The maximum atomic E-state index is 13.4. The van der Waals surface area contributed by atoms with Crippen molar-refractivity contribution in [2.45, 2.75) is 51.1 Å². The normalized spacial score (nSPS) is 14.9. The van der Waals surface area contributed by atoms with Gasteiger partial charge >= 0.3 is 5.97 Å². The van der Waals surface area contributed by atoms with E-state index in [1.165, 1.54) is 26.4 Å². The highest BCUT2D eigenvalue weighted by Gasteiger charge is 2.27. The Bertz CT molecular complexity index is 1080. The van der Waals surface area contributed by atoms with Crippen LogP contribution in [0.4, 0.5) is 5.69 Å². The largest absolute Gasteiger partial charge is 0.467 e. The molecule has 1 aromatic heterocycles. The van der Waals surface area contributed by atoms with Gasteiger partial charge in [-0.3, -0.25) is 4.79 Å². The predicted molar refractivity (Wildman–Crippen MR) is 132 cm³/mol. The third-order valence-electron chi connectivity index (χ3n) is 6.47. The van der Waals surface area contributed by atoms with Gasteiger partial charge in [-0.15, -0.1) is 0 Å². The molecule has 4 rings (SSSR count). The van der Waals surface area contributed by atoms with Crippen LogP contribution in [0.1, 0.15) is 54.6 Å². The second-order valence-corrected chi connectivity index (χ2v) is 8.85. The van der Waals surface area contributed by atoms with E-state index in [2.05, 4.69) is 20.6 Å². The lowest BCUT2D eigenvalue weighted by Gasteiger charge is -2.26. The molecular formula is C27H32N4O3. The number of aromatic nitrogens is 2. The number of nitrogens with zero attached hydrogens (tertiary/aromatic N) is 1. The summed E-state index contributed by atoms with van der Waals surface area (Å²) in [4.78, 5) is 33.0. The number of amides is 1. The second-order valence-electron chi connectivity index (χ2n) is 8.85. The predicted octanol–water partition coefficient (Wildman–Crippen LogP) is 4.93. The summed E-state index contributed by atoms with van der Waals surface area (Å²) < 4.78 is 5.02. The van der Waals surface area contributed by atoms with Gasteiger partial charge in [0.25, 0.3) is 5.91 Å². The van der Waals surface area contributed by atoms with Crippen molar-refractivity contribution in [3.05, 3.63) is 72.3 Å². The molecule has 1 saturated carbocycles. The minimum atomic E-state index is -0.651. The molecule has 7 nitrogen and oxygen atoms in total. The van der Waals surface area contributed by atoms with E-state index >= 15 is 0 Å². The van der Waals surface area contributed by atoms with E-state index in [4.69, 9.17) is 4.74 Å². The quantitative estimate of drug-likeness (QED) is 0.394. The molecule has 0 bridgehead atoms. The number of esters is 1. The van der Waals surface area contributed by atoms with E-state index in [-0.39, 0.29) is 5.91 Å². The Morgan fingerprint density at radius 1 is 1.12 bits per heavy atom. The fraction of sp³-hybridized carbons (Fsp3) is 0.370. The summed E-state index contributed by atoms with van der Waals surface area (Å²) in [7, 11) is 1.37. The number of carbonyl (C=O) groups is 2. The molecule has 0 unspecified atom stereocenters. The van der Waals surface area contributed by atoms with Crippen molar-refractivity contribution >= 4 is 17.6 Å². The Morgan fingerprint density at radius 3 is 2.62 bits per heavy atom. The molecule has 1 aliphatic carbocycles. The molecule has 0 aliphatic heterocycles. The van der Waals surface area contributed by atoms with Gasteiger partial charge in [0, 0.05) is 17.4 Å². The Kier molecular flexibility index (Phi) is 7.96. The SMILES string of the molecule is COC(=O)[C@H](CC1CCCCC1)NC(=O)c1ccc(NCc2cnc[nH]2)cc1-c1ccccc1. The van der Waals surface area contributed by atoms with Gasteiger partial charge in [0.2, 0.25) is 0 Å². The van der Waals surface area contributed by atoms with Crippen LogP contribution in [0.3, 0.4) is 0 Å².